The Morgan fingerprint density at radius 3 is 2.48 bits per heavy atom. The zero-order valence-corrected chi connectivity index (χ0v) is 17.5. The largest absolute Gasteiger partial charge is 0.301 e. The van der Waals surface area contributed by atoms with Crippen LogP contribution >= 0.6 is 22.9 Å². The van der Waals surface area contributed by atoms with E-state index < -0.39 is 0 Å². The van der Waals surface area contributed by atoms with Gasteiger partial charge >= 0.3 is 0 Å². The van der Waals surface area contributed by atoms with Crippen molar-refractivity contribution in [2.75, 3.05) is 5.32 Å². The summed E-state index contributed by atoms with van der Waals surface area (Å²) in [6.45, 7) is 8.23. The van der Waals surface area contributed by atoms with Crippen molar-refractivity contribution in [1.82, 2.24) is 4.98 Å². The Kier molecular flexibility index (Phi) is 5.98. The molecule has 2 aromatic carbocycles. The molecule has 0 radical (unpaired) electrons. The summed E-state index contributed by atoms with van der Waals surface area (Å²) in [7, 11) is 0. The van der Waals surface area contributed by atoms with Crippen molar-refractivity contribution in [3.8, 4) is 11.3 Å². The first-order chi connectivity index (χ1) is 12.8. The number of aryl methyl sites for hydroxylation is 2. The molecule has 1 amide bonds. The van der Waals surface area contributed by atoms with E-state index in [4.69, 9.17) is 11.6 Å². The van der Waals surface area contributed by atoms with Crippen molar-refractivity contribution >= 4 is 34.0 Å². The Morgan fingerprint density at radius 2 is 1.81 bits per heavy atom. The van der Waals surface area contributed by atoms with Crippen molar-refractivity contribution in [2.24, 2.45) is 5.92 Å². The molecule has 0 fully saturated rings. The molecular formula is C22H23ClN2OS. The fraction of sp³-hybridized carbons (Fsp3) is 0.273. The van der Waals surface area contributed by atoms with E-state index in [1.54, 1.807) is 0 Å². The fourth-order valence-corrected chi connectivity index (χ4v) is 4.00. The highest BCUT2D eigenvalue weighted by Crippen LogP contribution is 2.31. The third kappa shape index (κ3) is 4.57. The van der Waals surface area contributed by atoms with Gasteiger partial charge in [0.15, 0.2) is 5.13 Å². The first-order valence-corrected chi connectivity index (χ1v) is 10.2. The van der Waals surface area contributed by atoms with E-state index in [9.17, 15) is 4.79 Å². The summed E-state index contributed by atoms with van der Waals surface area (Å²) >= 11 is 7.43. The summed E-state index contributed by atoms with van der Waals surface area (Å²) in [5, 5.41) is 6.27. The van der Waals surface area contributed by atoms with Crippen LogP contribution in [0.15, 0.2) is 47.8 Å². The predicted octanol–water partition coefficient (Wildman–Crippen LogP) is 6.46. The number of nitrogens with one attached hydrogen (secondary N) is 1. The summed E-state index contributed by atoms with van der Waals surface area (Å²) in [6, 6.07) is 13.8. The van der Waals surface area contributed by atoms with Crippen LogP contribution in [0.5, 0.6) is 0 Å². The maximum Gasteiger partial charge on any atom is 0.233 e. The van der Waals surface area contributed by atoms with Crippen LogP contribution in [-0.2, 0) is 4.79 Å². The van der Waals surface area contributed by atoms with Gasteiger partial charge in [0.25, 0.3) is 0 Å². The van der Waals surface area contributed by atoms with E-state index in [0.717, 1.165) is 16.8 Å². The molecule has 0 aliphatic carbocycles. The van der Waals surface area contributed by atoms with Crippen LogP contribution < -0.4 is 5.32 Å². The van der Waals surface area contributed by atoms with Crippen molar-refractivity contribution < 1.29 is 4.79 Å². The summed E-state index contributed by atoms with van der Waals surface area (Å²) in [5.41, 5.74) is 5.31. The van der Waals surface area contributed by atoms with Crippen LogP contribution in [0, 0.1) is 19.8 Å². The second-order valence-corrected chi connectivity index (χ2v) is 8.41. The zero-order chi connectivity index (χ0) is 19.6. The highest BCUT2D eigenvalue weighted by atomic mass is 35.5. The molecule has 3 aromatic rings. The number of aromatic nitrogens is 1. The second-order valence-electron chi connectivity index (χ2n) is 7.12. The smallest absolute Gasteiger partial charge is 0.233 e. The van der Waals surface area contributed by atoms with Crippen molar-refractivity contribution in [3.63, 3.8) is 0 Å². The quantitative estimate of drug-likeness (QED) is 0.535. The number of carbonyl (C=O) groups is 1. The molecule has 27 heavy (non-hydrogen) atoms. The number of rotatable bonds is 5. The molecule has 0 aliphatic rings. The molecule has 0 bridgehead atoms. The Balaban J connectivity index is 1.82. The fourth-order valence-electron chi connectivity index (χ4n) is 3.16. The molecule has 3 rings (SSSR count). The summed E-state index contributed by atoms with van der Waals surface area (Å²) in [4.78, 5) is 17.6. The Labute approximate surface area is 169 Å². The SMILES string of the molecule is Cc1ccc(C)c(-c2csc(NC(=O)[C@@H](c3ccc(Cl)cc3)C(C)C)n2)c1. The number of nitrogens with zero attached hydrogens (tertiary/aromatic N) is 1. The molecule has 1 heterocycles. The number of anilines is 1. The predicted molar refractivity (Wildman–Crippen MR) is 115 cm³/mol. The number of hydrogen-bond donors (Lipinski definition) is 1. The van der Waals surface area contributed by atoms with E-state index in [1.165, 1.54) is 22.5 Å². The van der Waals surface area contributed by atoms with Crippen molar-refractivity contribution in [3.05, 3.63) is 69.6 Å². The van der Waals surface area contributed by atoms with Gasteiger partial charge in [0, 0.05) is 16.0 Å². The van der Waals surface area contributed by atoms with Gasteiger partial charge in [0.1, 0.15) is 0 Å². The monoisotopic (exact) mass is 398 g/mol. The molecule has 1 atom stereocenters. The first-order valence-electron chi connectivity index (χ1n) is 8.94. The normalized spacial score (nSPS) is 12.2. The van der Waals surface area contributed by atoms with E-state index in [2.05, 4.69) is 42.3 Å². The van der Waals surface area contributed by atoms with E-state index >= 15 is 0 Å². The van der Waals surface area contributed by atoms with Gasteiger partial charge in [-0.3, -0.25) is 4.79 Å². The molecule has 3 nitrogen and oxygen atoms in total. The molecule has 1 N–H and O–H groups in total. The molecule has 140 valence electrons. The standard InChI is InChI=1S/C22H23ClN2OS/c1-13(2)20(16-7-9-17(23)10-8-16)21(26)25-22-24-19(12-27-22)18-11-14(3)5-6-15(18)4/h5-13,20H,1-4H3,(H,24,25,26)/t20-/m1/s1. The molecule has 0 saturated carbocycles. The van der Waals surface area contributed by atoms with E-state index in [0.29, 0.717) is 10.2 Å². The summed E-state index contributed by atoms with van der Waals surface area (Å²) in [6.07, 6.45) is 0. The summed E-state index contributed by atoms with van der Waals surface area (Å²) in [5.74, 6) is -0.144. The third-order valence-corrected chi connectivity index (χ3v) is 5.59. The summed E-state index contributed by atoms with van der Waals surface area (Å²) < 4.78 is 0. The minimum atomic E-state index is -0.254. The van der Waals surface area contributed by atoms with Gasteiger partial charge in [-0.15, -0.1) is 11.3 Å². The molecule has 0 unspecified atom stereocenters. The maximum absolute atomic E-state index is 12.9. The van der Waals surface area contributed by atoms with Crippen molar-refractivity contribution in [1.29, 1.82) is 0 Å². The molecule has 0 saturated heterocycles. The van der Waals surface area contributed by atoms with Gasteiger partial charge in [0.05, 0.1) is 11.6 Å². The zero-order valence-electron chi connectivity index (χ0n) is 15.9. The number of benzene rings is 2. The number of amides is 1. The average molecular weight is 399 g/mol. The van der Waals surface area contributed by atoms with Gasteiger partial charge in [-0.25, -0.2) is 4.98 Å². The molecule has 0 spiro atoms. The lowest BCUT2D eigenvalue weighted by molar-refractivity contribution is -0.118. The topological polar surface area (TPSA) is 42.0 Å². The van der Waals surface area contributed by atoms with Crippen LogP contribution in [-0.4, -0.2) is 10.9 Å². The van der Waals surface area contributed by atoms with Crippen LogP contribution in [0.4, 0.5) is 5.13 Å². The molecule has 5 heteroatoms. The lowest BCUT2D eigenvalue weighted by Crippen LogP contribution is -2.25. The van der Waals surface area contributed by atoms with Crippen LogP contribution in [0.25, 0.3) is 11.3 Å². The van der Waals surface area contributed by atoms with E-state index in [-0.39, 0.29) is 17.7 Å². The molecule has 1 aromatic heterocycles. The second kappa shape index (κ2) is 8.24. The van der Waals surface area contributed by atoms with E-state index in [1.807, 2.05) is 43.5 Å². The number of carbonyl (C=O) groups excluding carboxylic acids is 1. The Morgan fingerprint density at radius 1 is 1.11 bits per heavy atom. The number of halogens is 1. The number of hydrogen-bond acceptors (Lipinski definition) is 3. The Bertz CT molecular complexity index is 947. The maximum atomic E-state index is 12.9. The minimum Gasteiger partial charge on any atom is -0.301 e. The lowest BCUT2D eigenvalue weighted by Gasteiger charge is -2.20. The molecular weight excluding hydrogens is 376 g/mol. The Hall–Kier alpha value is -2.17. The number of thiazole rings is 1. The minimum absolute atomic E-state index is 0.0470. The molecule has 0 aliphatic heterocycles. The van der Waals surface area contributed by atoms with Gasteiger partial charge in [-0.2, -0.15) is 0 Å². The van der Waals surface area contributed by atoms with Crippen LogP contribution in [0.3, 0.4) is 0 Å². The van der Waals surface area contributed by atoms with Crippen LogP contribution in [0.2, 0.25) is 5.02 Å². The van der Waals surface area contributed by atoms with Crippen LogP contribution in [0.1, 0.15) is 36.5 Å². The average Bonchev–Trinajstić information content (AvgIpc) is 3.07. The highest BCUT2D eigenvalue weighted by molar-refractivity contribution is 7.14. The van der Waals surface area contributed by atoms with Gasteiger partial charge < -0.3 is 5.32 Å². The third-order valence-electron chi connectivity index (χ3n) is 4.58. The van der Waals surface area contributed by atoms with Crippen molar-refractivity contribution in [2.45, 2.75) is 33.6 Å². The van der Waals surface area contributed by atoms with Gasteiger partial charge in [-0.1, -0.05) is 55.3 Å². The lowest BCUT2D eigenvalue weighted by atomic mass is 9.88. The first kappa shape index (κ1) is 19.6. The highest BCUT2D eigenvalue weighted by Gasteiger charge is 2.25. The van der Waals surface area contributed by atoms with Gasteiger partial charge in [-0.05, 0) is 49.1 Å². The van der Waals surface area contributed by atoms with Gasteiger partial charge in [0.2, 0.25) is 5.91 Å².